The van der Waals surface area contributed by atoms with Gasteiger partial charge in [-0.05, 0) is 24.3 Å². The zero-order chi connectivity index (χ0) is 17.3. The minimum atomic E-state index is -4.51. The van der Waals surface area contributed by atoms with Crippen molar-refractivity contribution in [2.45, 2.75) is 19.5 Å². The molecule has 0 amide bonds. The lowest BCUT2D eigenvalue weighted by atomic mass is 10.2. The van der Waals surface area contributed by atoms with Crippen molar-refractivity contribution < 1.29 is 22.3 Å². The fourth-order valence-electron chi connectivity index (χ4n) is 2.08. The summed E-state index contributed by atoms with van der Waals surface area (Å²) in [5.41, 5.74) is -0.0813. The van der Waals surface area contributed by atoms with E-state index in [4.69, 9.17) is 14.4 Å². The molecule has 2 aromatic heterocycles. The number of fused-ring (bicyclic) bond motifs is 1. The fourth-order valence-corrected chi connectivity index (χ4v) is 2.08. The summed E-state index contributed by atoms with van der Waals surface area (Å²) < 4.78 is 48.6. The molecule has 0 fully saturated rings. The predicted molar refractivity (Wildman–Crippen MR) is 77.4 cm³/mol. The van der Waals surface area contributed by atoms with Crippen molar-refractivity contribution in [1.82, 2.24) is 9.97 Å². The molecule has 0 unspecified atom stereocenters. The third-order valence-electron chi connectivity index (χ3n) is 3.23. The monoisotopic (exact) mass is 333 g/mol. The van der Waals surface area contributed by atoms with E-state index in [1.807, 2.05) is 13.0 Å². The quantitative estimate of drug-likeness (QED) is 0.707. The van der Waals surface area contributed by atoms with Crippen molar-refractivity contribution in [2.75, 3.05) is 0 Å². The van der Waals surface area contributed by atoms with Crippen LogP contribution in [0.15, 0.2) is 34.9 Å². The molecule has 0 aliphatic rings. The molecule has 0 atom stereocenters. The van der Waals surface area contributed by atoms with Crippen LogP contribution in [0.5, 0.6) is 11.5 Å². The summed E-state index contributed by atoms with van der Waals surface area (Å²) in [6.07, 6.45) is -3.00. The zero-order valence-corrected chi connectivity index (χ0v) is 12.4. The van der Waals surface area contributed by atoms with E-state index in [0.717, 1.165) is 12.3 Å². The Labute approximate surface area is 134 Å². The first kappa shape index (κ1) is 15.8. The van der Waals surface area contributed by atoms with Crippen LogP contribution in [0.25, 0.3) is 11.1 Å². The van der Waals surface area contributed by atoms with Gasteiger partial charge in [-0.1, -0.05) is 6.92 Å². The Morgan fingerprint density at radius 3 is 2.62 bits per heavy atom. The van der Waals surface area contributed by atoms with Crippen molar-refractivity contribution in [1.29, 1.82) is 5.26 Å². The minimum Gasteiger partial charge on any atom is -0.453 e. The highest BCUT2D eigenvalue weighted by molar-refractivity contribution is 5.85. The Bertz CT molecular complexity index is 925. The van der Waals surface area contributed by atoms with Crippen molar-refractivity contribution in [3.8, 4) is 17.6 Å². The number of nitrogens with zero attached hydrogens (tertiary/aromatic N) is 3. The maximum atomic E-state index is 12.5. The van der Waals surface area contributed by atoms with E-state index in [9.17, 15) is 13.2 Å². The number of nitriles is 1. The Morgan fingerprint density at radius 2 is 2.04 bits per heavy atom. The number of alkyl halides is 3. The molecule has 24 heavy (non-hydrogen) atoms. The van der Waals surface area contributed by atoms with Crippen LogP contribution < -0.4 is 4.74 Å². The lowest BCUT2D eigenvalue weighted by Crippen LogP contribution is -2.07. The third kappa shape index (κ3) is 2.88. The summed E-state index contributed by atoms with van der Waals surface area (Å²) in [7, 11) is 0. The van der Waals surface area contributed by atoms with Crippen LogP contribution >= 0.6 is 0 Å². The molecule has 3 rings (SSSR count). The second kappa shape index (κ2) is 5.85. The number of hydrogen-bond donors (Lipinski definition) is 0. The van der Waals surface area contributed by atoms with E-state index in [0.29, 0.717) is 23.4 Å². The third-order valence-corrected chi connectivity index (χ3v) is 3.23. The van der Waals surface area contributed by atoms with Crippen molar-refractivity contribution in [3.05, 3.63) is 47.6 Å². The van der Waals surface area contributed by atoms with Gasteiger partial charge in [0.25, 0.3) is 0 Å². The van der Waals surface area contributed by atoms with E-state index in [1.54, 1.807) is 0 Å². The van der Waals surface area contributed by atoms with Gasteiger partial charge in [-0.25, -0.2) is 9.97 Å². The smallest absolute Gasteiger partial charge is 0.433 e. The molecule has 0 aliphatic heterocycles. The standard InChI is InChI=1S/C16H10F3N3O2/c1-2-13-22-14-11(5-3-9(7-20)15(14)24-13)23-10-4-6-12(21-8-10)16(17,18)19/h3-6,8H,2H2,1H3. The Morgan fingerprint density at radius 1 is 1.25 bits per heavy atom. The number of ether oxygens (including phenoxy) is 1. The van der Waals surface area contributed by atoms with Crippen LogP contribution in [-0.2, 0) is 12.6 Å². The molecule has 0 bridgehead atoms. The van der Waals surface area contributed by atoms with Crippen LogP contribution in [0.2, 0.25) is 0 Å². The fraction of sp³-hybridized carbons (Fsp3) is 0.188. The summed E-state index contributed by atoms with van der Waals surface area (Å²) in [4.78, 5) is 7.58. The maximum Gasteiger partial charge on any atom is 0.433 e. The summed E-state index contributed by atoms with van der Waals surface area (Å²) in [6.45, 7) is 1.84. The van der Waals surface area contributed by atoms with Gasteiger partial charge in [-0.3, -0.25) is 0 Å². The molecular weight excluding hydrogens is 323 g/mol. The molecule has 3 aromatic rings. The minimum absolute atomic E-state index is 0.120. The Balaban J connectivity index is 1.98. The average molecular weight is 333 g/mol. The first-order valence-corrected chi connectivity index (χ1v) is 6.96. The van der Waals surface area contributed by atoms with Gasteiger partial charge in [0.1, 0.15) is 17.5 Å². The van der Waals surface area contributed by atoms with Crippen molar-refractivity contribution >= 4 is 11.1 Å². The van der Waals surface area contributed by atoms with Crippen LogP contribution in [0.1, 0.15) is 24.1 Å². The number of benzene rings is 1. The molecule has 0 aliphatic carbocycles. The van der Waals surface area contributed by atoms with Crippen LogP contribution in [0, 0.1) is 11.3 Å². The van der Waals surface area contributed by atoms with Gasteiger partial charge >= 0.3 is 6.18 Å². The number of aromatic nitrogens is 2. The van der Waals surface area contributed by atoms with Crippen molar-refractivity contribution in [3.63, 3.8) is 0 Å². The molecular formula is C16H10F3N3O2. The summed E-state index contributed by atoms with van der Waals surface area (Å²) >= 11 is 0. The van der Waals surface area contributed by atoms with Crippen molar-refractivity contribution in [2.24, 2.45) is 0 Å². The lowest BCUT2D eigenvalue weighted by Gasteiger charge is -2.08. The molecule has 0 saturated carbocycles. The number of aryl methyl sites for hydroxylation is 1. The molecule has 0 N–H and O–H groups in total. The number of oxazole rings is 1. The molecule has 0 spiro atoms. The van der Waals surface area contributed by atoms with E-state index < -0.39 is 11.9 Å². The average Bonchev–Trinajstić information content (AvgIpc) is 2.99. The molecule has 8 heteroatoms. The number of halogens is 3. The number of pyridine rings is 1. The maximum absolute atomic E-state index is 12.5. The van der Waals surface area contributed by atoms with Crippen LogP contribution in [0.3, 0.4) is 0 Å². The Kier molecular flexibility index (Phi) is 3.85. The topological polar surface area (TPSA) is 71.9 Å². The van der Waals surface area contributed by atoms with E-state index in [1.165, 1.54) is 18.2 Å². The highest BCUT2D eigenvalue weighted by atomic mass is 19.4. The number of hydrogen-bond acceptors (Lipinski definition) is 5. The van der Waals surface area contributed by atoms with Gasteiger partial charge in [0.05, 0.1) is 11.8 Å². The Hall–Kier alpha value is -3.08. The molecule has 1 aromatic carbocycles. The first-order valence-electron chi connectivity index (χ1n) is 6.96. The second-order valence-corrected chi connectivity index (χ2v) is 4.84. The van der Waals surface area contributed by atoms with Gasteiger partial charge in [-0.2, -0.15) is 18.4 Å². The normalized spacial score (nSPS) is 11.5. The molecule has 0 radical (unpaired) electrons. The molecule has 2 heterocycles. The molecule has 0 saturated heterocycles. The second-order valence-electron chi connectivity index (χ2n) is 4.84. The molecule has 122 valence electrons. The number of rotatable bonds is 3. The van der Waals surface area contributed by atoms with Gasteiger partial charge in [0.2, 0.25) is 0 Å². The van der Waals surface area contributed by atoms with Crippen LogP contribution in [0.4, 0.5) is 13.2 Å². The van der Waals surface area contributed by atoms with Gasteiger partial charge in [0, 0.05) is 6.42 Å². The highest BCUT2D eigenvalue weighted by Gasteiger charge is 2.32. The van der Waals surface area contributed by atoms with E-state index >= 15 is 0 Å². The lowest BCUT2D eigenvalue weighted by molar-refractivity contribution is -0.141. The van der Waals surface area contributed by atoms with E-state index in [2.05, 4.69) is 9.97 Å². The summed E-state index contributed by atoms with van der Waals surface area (Å²) in [5, 5.41) is 9.11. The zero-order valence-electron chi connectivity index (χ0n) is 12.4. The predicted octanol–water partition coefficient (Wildman–Crippen LogP) is 4.47. The highest BCUT2D eigenvalue weighted by Crippen LogP contribution is 2.33. The summed E-state index contributed by atoms with van der Waals surface area (Å²) in [5.74, 6) is 0.826. The van der Waals surface area contributed by atoms with E-state index in [-0.39, 0.29) is 17.1 Å². The largest absolute Gasteiger partial charge is 0.453 e. The molecule has 5 nitrogen and oxygen atoms in total. The van der Waals surface area contributed by atoms with Gasteiger partial charge < -0.3 is 9.15 Å². The van der Waals surface area contributed by atoms with Crippen LogP contribution in [-0.4, -0.2) is 9.97 Å². The van der Waals surface area contributed by atoms with Gasteiger partial charge in [0.15, 0.2) is 22.7 Å². The summed E-state index contributed by atoms with van der Waals surface area (Å²) in [6, 6.07) is 7.01. The SMILES string of the molecule is CCc1nc2c(Oc3ccc(C(F)(F)F)nc3)ccc(C#N)c2o1. The van der Waals surface area contributed by atoms with Gasteiger partial charge in [-0.15, -0.1) is 0 Å². The first-order chi connectivity index (χ1) is 11.4.